The Kier molecular flexibility index (Phi) is 11.9. The fourth-order valence-electron chi connectivity index (χ4n) is 4.88. The fourth-order valence-corrected chi connectivity index (χ4v) is 5.39. The Bertz CT molecular complexity index is 1870. The maximum atomic E-state index is 13.0. The van der Waals surface area contributed by atoms with Gasteiger partial charge in [0.15, 0.2) is 0 Å². The summed E-state index contributed by atoms with van der Waals surface area (Å²) in [7, 11) is 3.00. The van der Waals surface area contributed by atoms with Crippen LogP contribution < -0.4 is 14.8 Å². The lowest BCUT2D eigenvalue weighted by Gasteiger charge is -2.08. The van der Waals surface area contributed by atoms with Gasteiger partial charge >= 0.3 is 5.97 Å². The largest absolute Gasteiger partial charge is 0.497 e. The molecule has 5 rings (SSSR count). The molecule has 0 bridgehead atoms. The molecule has 4 aromatic carbocycles. The predicted molar refractivity (Wildman–Crippen MR) is 190 cm³/mol. The van der Waals surface area contributed by atoms with Crippen LogP contribution in [0.25, 0.3) is 34.5 Å². The summed E-state index contributed by atoms with van der Waals surface area (Å²) >= 11 is 12.6. The highest BCUT2D eigenvalue weighted by Crippen LogP contribution is 2.30. The highest BCUT2D eigenvalue weighted by Gasteiger charge is 2.14. The number of esters is 1. The Labute approximate surface area is 289 Å². The lowest BCUT2D eigenvalue weighted by Crippen LogP contribution is -2.27. The van der Waals surface area contributed by atoms with Crippen LogP contribution in [0, 0.1) is 0 Å². The zero-order valence-corrected chi connectivity index (χ0v) is 28.1. The lowest BCUT2D eigenvalue weighted by atomic mass is 10.0. The summed E-state index contributed by atoms with van der Waals surface area (Å²) in [5, 5.41) is 3.98. The first-order valence-corrected chi connectivity index (χ1v) is 16.1. The molecule has 0 saturated heterocycles. The van der Waals surface area contributed by atoms with E-state index in [4.69, 9.17) is 37.7 Å². The molecule has 0 aliphatic carbocycles. The number of imidazole rings is 1. The van der Waals surface area contributed by atoms with E-state index in [-0.39, 0.29) is 18.4 Å². The van der Waals surface area contributed by atoms with E-state index in [1.54, 1.807) is 23.8 Å². The second-order valence-corrected chi connectivity index (χ2v) is 11.7. The smallest absolute Gasteiger partial charge is 0.305 e. The number of hydrogen-bond donors (Lipinski definition) is 1. The molecule has 0 aliphatic heterocycles. The van der Waals surface area contributed by atoms with Crippen molar-refractivity contribution in [2.45, 2.75) is 25.9 Å². The van der Waals surface area contributed by atoms with Crippen molar-refractivity contribution in [3.05, 3.63) is 124 Å². The van der Waals surface area contributed by atoms with Crippen LogP contribution in [0.3, 0.4) is 0 Å². The molecule has 0 spiro atoms. The Morgan fingerprint density at radius 2 is 1.54 bits per heavy atom. The van der Waals surface area contributed by atoms with Crippen molar-refractivity contribution in [2.75, 3.05) is 20.8 Å². The van der Waals surface area contributed by atoms with E-state index in [0.29, 0.717) is 47.6 Å². The Morgan fingerprint density at radius 1 is 0.854 bits per heavy atom. The molecule has 246 valence electrons. The van der Waals surface area contributed by atoms with Crippen molar-refractivity contribution in [1.29, 1.82) is 0 Å². The lowest BCUT2D eigenvalue weighted by molar-refractivity contribution is -0.140. The van der Waals surface area contributed by atoms with Crippen molar-refractivity contribution >= 4 is 47.2 Å². The number of nitrogens with zero attached hydrogens (tertiary/aromatic N) is 2. The number of benzene rings is 4. The molecular weight excluding hydrogens is 649 g/mol. The summed E-state index contributed by atoms with van der Waals surface area (Å²) in [6, 6.07) is 28.8. The third kappa shape index (κ3) is 9.50. The van der Waals surface area contributed by atoms with Gasteiger partial charge in [-0.3, -0.25) is 9.59 Å². The number of aromatic nitrogens is 2. The minimum absolute atomic E-state index is 0.0674. The number of methoxy groups -OCH3 is 2. The topological polar surface area (TPSA) is 91.7 Å². The van der Waals surface area contributed by atoms with Gasteiger partial charge in [0, 0.05) is 29.7 Å². The minimum atomic E-state index is -0.242. The molecule has 0 fully saturated rings. The molecule has 0 radical (unpaired) electrons. The van der Waals surface area contributed by atoms with Gasteiger partial charge in [0.05, 0.1) is 31.5 Å². The number of halogens is 2. The highest BCUT2D eigenvalue weighted by atomic mass is 35.5. The fraction of sp³-hybridized carbons (Fsp3) is 0.184. The number of ether oxygens (including phenoxy) is 3. The van der Waals surface area contributed by atoms with E-state index in [0.717, 1.165) is 39.3 Å². The molecule has 1 aromatic heterocycles. The van der Waals surface area contributed by atoms with E-state index in [1.807, 2.05) is 97.2 Å². The third-order valence-corrected chi connectivity index (χ3v) is 8.07. The van der Waals surface area contributed by atoms with Gasteiger partial charge in [-0.1, -0.05) is 77.8 Å². The normalized spacial score (nSPS) is 11.0. The van der Waals surface area contributed by atoms with Gasteiger partial charge in [0.2, 0.25) is 5.91 Å². The maximum Gasteiger partial charge on any atom is 0.305 e. The van der Waals surface area contributed by atoms with Crippen molar-refractivity contribution < 1.29 is 23.8 Å². The molecular formula is C38H35Cl2N3O5. The van der Waals surface area contributed by atoms with Crippen LogP contribution in [-0.2, 0) is 27.4 Å². The van der Waals surface area contributed by atoms with Crippen LogP contribution >= 0.6 is 23.2 Å². The zero-order chi connectivity index (χ0) is 33.9. The molecule has 0 saturated carbocycles. The van der Waals surface area contributed by atoms with Crippen molar-refractivity contribution in [3.8, 4) is 33.9 Å². The van der Waals surface area contributed by atoms with E-state index >= 15 is 0 Å². The molecule has 48 heavy (non-hydrogen) atoms. The summed E-state index contributed by atoms with van der Waals surface area (Å²) < 4.78 is 17.4. The Balaban J connectivity index is 1.27. The first kappa shape index (κ1) is 34.3. The van der Waals surface area contributed by atoms with E-state index in [2.05, 4.69) is 10.1 Å². The first-order valence-electron chi connectivity index (χ1n) is 15.3. The highest BCUT2D eigenvalue weighted by molar-refractivity contribution is 6.36. The van der Waals surface area contributed by atoms with Crippen molar-refractivity contribution in [3.63, 3.8) is 0 Å². The van der Waals surface area contributed by atoms with E-state index in [1.165, 1.54) is 7.11 Å². The molecule has 1 amide bonds. The second-order valence-electron chi connectivity index (χ2n) is 10.9. The average Bonchev–Trinajstić information content (AvgIpc) is 3.50. The van der Waals surface area contributed by atoms with Gasteiger partial charge < -0.3 is 24.1 Å². The number of rotatable bonds is 14. The maximum absolute atomic E-state index is 13.0. The third-order valence-electron chi connectivity index (χ3n) is 7.52. The molecule has 5 aromatic rings. The monoisotopic (exact) mass is 683 g/mol. The summed E-state index contributed by atoms with van der Waals surface area (Å²) in [5.74, 6) is 1.70. The van der Waals surface area contributed by atoms with E-state index < -0.39 is 0 Å². The van der Waals surface area contributed by atoms with Gasteiger partial charge in [-0.25, -0.2) is 4.98 Å². The SMILES string of the molecule is COC(=O)CCCOc1ccc(-c2ccc(/C=C/c3nc(-c4ccc(Cl)cc4Cl)cn3CC(=O)NCc3ccc(OC)cc3)cc2)cc1. The van der Waals surface area contributed by atoms with Crippen LogP contribution in [0.4, 0.5) is 0 Å². The van der Waals surface area contributed by atoms with Crippen LogP contribution in [0.2, 0.25) is 10.0 Å². The molecule has 0 atom stereocenters. The van der Waals surface area contributed by atoms with E-state index in [9.17, 15) is 9.59 Å². The predicted octanol–water partition coefficient (Wildman–Crippen LogP) is 8.35. The van der Waals surface area contributed by atoms with Crippen LogP contribution in [-0.4, -0.2) is 42.3 Å². The minimum Gasteiger partial charge on any atom is -0.497 e. The van der Waals surface area contributed by atoms with Crippen LogP contribution in [0.15, 0.2) is 97.2 Å². The molecule has 0 aliphatic rings. The number of nitrogens with one attached hydrogen (secondary N) is 1. The van der Waals surface area contributed by atoms with Gasteiger partial charge in [-0.15, -0.1) is 0 Å². The summed E-state index contributed by atoms with van der Waals surface area (Å²) in [4.78, 5) is 29.1. The molecule has 1 heterocycles. The standard InChI is InChI=1S/C38H35Cl2N3O5/c1-46-31-15-7-27(8-16-31)23-41-37(44)25-43-24-35(33-19-14-30(39)22-34(33)40)42-36(43)20-9-26-5-10-28(11-6-26)29-12-17-32(18-13-29)48-21-3-4-38(45)47-2/h5-20,22,24H,3-4,21,23,25H2,1-2H3,(H,41,44)/b20-9+. The summed E-state index contributed by atoms with van der Waals surface area (Å²) in [6.07, 6.45) is 6.58. The van der Waals surface area contributed by atoms with Crippen molar-refractivity contribution in [1.82, 2.24) is 14.9 Å². The number of hydrogen-bond acceptors (Lipinski definition) is 6. The van der Waals surface area contributed by atoms with Gasteiger partial charge in [0.1, 0.15) is 23.9 Å². The number of carbonyl (C=O) groups excluding carboxylic acids is 2. The van der Waals surface area contributed by atoms with Gasteiger partial charge in [0.25, 0.3) is 0 Å². The second kappa shape index (κ2) is 16.7. The zero-order valence-electron chi connectivity index (χ0n) is 26.6. The van der Waals surface area contributed by atoms with Gasteiger partial charge in [-0.2, -0.15) is 0 Å². The summed E-state index contributed by atoms with van der Waals surface area (Å²) in [5.41, 5.74) is 5.38. The Morgan fingerprint density at radius 3 is 2.21 bits per heavy atom. The number of amides is 1. The molecule has 10 heteroatoms. The summed E-state index contributed by atoms with van der Waals surface area (Å²) in [6.45, 7) is 0.895. The van der Waals surface area contributed by atoms with Crippen LogP contribution in [0.5, 0.6) is 11.5 Å². The number of carbonyl (C=O) groups is 2. The average molecular weight is 685 g/mol. The van der Waals surface area contributed by atoms with Gasteiger partial charge in [-0.05, 0) is 77.2 Å². The Hall–Kier alpha value is -5.05. The van der Waals surface area contributed by atoms with Crippen molar-refractivity contribution in [2.24, 2.45) is 0 Å². The van der Waals surface area contributed by atoms with Crippen LogP contribution in [0.1, 0.15) is 29.8 Å². The molecule has 1 N–H and O–H groups in total. The molecule has 8 nitrogen and oxygen atoms in total. The molecule has 0 unspecified atom stereocenters. The quantitative estimate of drug-likeness (QED) is 0.0934. The first-order chi connectivity index (χ1) is 23.3.